The van der Waals surface area contributed by atoms with Crippen molar-refractivity contribution in [2.24, 2.45) is 0 Å². The SMILES string of the molecule is C[C@@H](Sc1nnc(COc2ccc(C(C)(C)C)cc2)n1N)C(=O)N1CCNC1=O. The zero-order valence-corrected chi connectivity index (χ0v) is 17.8. The van der Waals surface area contributed by atoms with Crippen LogP contribution in [-0.2, 0) is 16.8 Å². The topological polar surface area (TPSA) is 115 Å². The minimum atomic E-state index is -0.524. The molecule has 1 aromatic carbocycles. The van der Waals surface area contributed by atoms with Crippen molar-refractivity contribution >= 4 is 23.7 Å². The summed E-state index contributed by atoms with van der Waals surface area (Å²) in [5.74, 6) is 6.92. The summed E-state index contributed by atoms with van der Waals surface area (Å²) in [4.78, 5) is 25.3. The number of rotatable bonds is 6. The highest BCUT2D eigenvalue weighted by atomic mass is 32.2. The first-order chi connectivity index (χ1) is 13.7. The number of urea groups is 1. The zero-order valence-electron chi connectivity index (χ0n) is 17.0. The summed E-state index contributed by atoms with van der Waals surface area (Å²) in [6.45, 7) is 9.15. The van der Waals surface area contributed by atoms with E-state index in [1.54, 1.807) is 6.92 Å². The molecular formula is C19H26N6O3S. The molecule has 0 spiro atoms. The van der Waals surface area contributed by atoms with Crippen LogP contribution >= 0.6 is 11.8 Å². The highest BCUT2D eigenvalue weighted by molar-refractivity contribution is 8.00. The summed E-state index contributed by atoms with van der Waals surface area (Å²) in [7, 11) is 0. The maximum atomic E-state index is 12.4. The van der Waals surface area contributed by atoms with E-state index in [0.717, 1.165) is 11.8 Å². The van der Waals surface area contributed by atoms with Crippen molar-refractivity contribution in [2.45, 2.75) is 50.1 Å². The van der Waals surface area contributed by atoms with Crippen molar-refractivity contribution < 1.29 is 14.3 Å². The van der Waals surface area contributed by atoms with Gasteiger partial charge < -0.3 is 15.9 Å². The Hall–Kier alpha value is -2.75. The van der Waals surface area contributed by atoms with E-state index in [0.29, 0.717) is 29.8 Å². The smallest absolute Gasteiger partial charge is 0.324 e. The molecule has 3 rings (SSSR count). The van der Waals surface area contributed by atoms with Gasteiger partial charge in [0.15, 0.2) is 5.82 Å². The third-order valence-corrected chi connectivity index (χ3v) is 5.62. The van der Waals surface area contributed by atoms with Gasteiger partial charge >= 0.3 is 6.03 Å². The summed E-state index contributed by atoms with van der Waals surface area (Å²) >= 11 is 1.15. The van der Waals surface area contributed by atoms with Gasteiger partial charge in [-0.1, -0.05) is 44.7 Å². The number of nitrogen functional groups attached to an aromatic ring is 1. The van der Waals surface area contributed by atoms with E-state index in [4.69, 9.17) is 10.6 Å². The number of nitrogens with one attached hydrogen (secondary N) is 1. The predicted molar refractivity (Wildman–Crippen MR) is 110 cm³/mol. The van der Waals surface area contributed by atoms with Crippen LogP contribution in [0.3, 0.4) is 0 Å². The number of thioether (sulfide) groups is 1. The van der Waals surface area contributed by atoms with Crippen molar-refractivity contribution in [2.75, 3.05) is 18.9 Å². The van der Waals surface area contributed by atoms with Crippen LogP contribution in [0.2, 0.25) is 0 Å². The predicted octanol–water partition coefficient (Wildman–Crippen LogP) is 1.90. The normalized spacial score (nSPS) is 15.3. The van der Waals surface area contributed by atoms with Gasteiger partial charge in [-0.25, -0.2) is 9.47 Å². The Morgan fingerprint density at radius 3 is 2.59 bits per heavy atom. The van der Waals surface area contributed by atoms with Crippen molar-refractivity contribution in [3.63, 3.8) is 0 Å². The molecule has 0 radical (unpaired) electrons. The average molecular weight is 419 g/mol. The lowest BCUT2D eigenvalue weighted by molar-refractivity contribution is -0.126. The van der Waals surface area contributed by atoms with Gasteiger partial charge in [-0.05, 0) is 30.0 Å². The molecule has 0 saturated carbocycles. The van der Waals surface area contributed by atoms with E-state index in [2.05, 4.69) is 36.3 Å². The summed E-state index contributed by atoms with van der Waals surface area (Å²) in [5, 5.41) is 10.6. The highest BCUT2D eigenvalue weighted by Crippen LogP contribution is 2.25. The Balaban J connectivity index is 1.59. The molecule has 1 aromatic heterocycles. The molecule has 10 heteroatoms. The molecule has 9 nitrogen and oxygen atoms in total. The fraction of sp³-hybridized carbons (Fsp3) is 0.474. The maximum Gasteiger partial charge on any atom is 0.324 e. The monoisotopic (exact) mass is 418 g/mol. The number of benzene rings is 1. The van der Waals surface area contributed by atoms with Gasteiger partial charge in [-0.3, -0.25) is 9.69 Å². The Morgan fingerprint density at radius 1 is 1.31 bits per heavy atom. The number of hydrogen-bond acceptors (Lipinski definition) is 7. The Kier molecular flexibility index (Phi) is 6.02. The van der Waals surface area contributed by atoms with Gasteiger partial charge in [0.25, 0.3) is 0 Å². The maximum absolute atomic E-state index is 12.4. The number of ether oxygens (including phenoxy) is 1. The molecule has 1 aliphatic rings. The molecule has 3 N–H and O–H groups in total. The molecule has 29 heavy (non-hydrogen) atoms. The van der Waals surface area contributed by atoms with Gasteiger partial charge in [0.2, 0.25) is 11.1 Å². The molecule has 1 saturated heterocycles. The first-order valence-corrected chi connectivity index (χ1v) is 10.2. The van der Waals surface area contributed by atoms with Gasteiger partial charge in [-0.15, -0.1) is 10.2 Å². The van der Waals surface area contributed by atoms with Crippen LogP contribution in [0, 0.1) is 0 Å². The quantitative estimate of drug-likeness (QED) is 0.544. The molecule has 1 aliphatic heterocycles. The Morgan fingerprint density at radius 2 is 2.00 bits per heavy atom. The molecule has 2 heterocycles. The molecule has 0 bridgehead atoms. The van der Waals surface area contributed by atoms with E-state index in [-0.39, 0.29) is 24.0 Å². The first-order valence-electron chi connectivity index (χ1n) is 9.35. The van der Waals surface area contributed by atoms with Crippen molar-refractivity contribution in [1.82, 2.24) is 25.1 Å². The molecule has 156 valence electrons. The fourth-order valence-corrected chi connectivity index (χ4v) is 3.65. The molecular weight excluding hydrogens is 392 g/mol. The summed E-state index contributed by atoms with van der Waals surface area (Å²) in [5.41, 5.74) is 1.29. The van der Waals surface area contributed by atoms with E-state index in [1.165, 1.54) is 15.1 Å². The lowest BCUT2D eigenvalue weighted by atomic mass is 9.87. The van der Waals surface area contributed by atoms with E-state index >= 15 is 0 Å². The van der Waals surface area contributed by atoms with Crippen LogP contribution in [0.1, 0.15) is 39.1 Å². The average Bonchev–Trinajstić information content (AvgIpc) is 3.25. The highest BCUT2D eigenvalue weighted by Gasteiger charge is 2.31. The van der Waals surface area contributed by atoms with Crippen molar-refractivity contribution in [3.8, 4) is 5.75 Å². The van der Waals surface area contributed by atoms with Gasteiger partial charge in [0, 0.05) is 13.1 Å². The zero-order chi connectivity index (χ0) is 21.2. The van der Waals surface area contributed by atoms with Crippen LogP contribution in [0.15, 0.2) is 29.4 Å². The van der Waals surface area contributed by atoms with E-state index < -0.39 is 5.25 Å². The van der Waals surface area contributed by atoms with Crippen LogP contribution in [0.4, 0.5) is 4.79 Å². The molecule has 0 unspecified atom stereocenters. The summed E-state index contributed by atoms with van der Waals surface area (Å²) in [6.07, 6.45) is 0. The van der Waals surface area contributed by atoms with Crippen LogP contribution in [-0.4, -0.2) is 50.1 Å². The first kappa shape index (κ1) is 21.0. The summed E-state index contributed by atoms with van der Waals surface area (Å²) in [6, 6.07) is 7.52. The lowest BCUT2D eigenvalue weighted by Gasteiger charge is -2.19. The van der Waals surface area contributed by atoms with Gasteiger partial charge in [0.05, 0.1) is 5.25 Å². The number of imide groups is 1. The number of carbonyl (C=O) groups is 2. The molecule has 1 atom stereocenters. The second kappa shape index (κ2) is 8.32. The van der Waals surface area contributed by atoms with Gasteiger partial charge in [0.1, 0.15) is 12.4 Å². The number of amides is 3. The standard InChI is InChI=1S/C19H26N6O3S/c1-12(16(26)24-10-9-21-17(24)27)29-18-23-22-15(25(18)20)11-28-14-7-5-13(6-8-14)19(2,3)4/h5-8,12H,9-11,20H2,1-4H3,(H,21,27)/t12-/m1/s1. The number of aromatic nitrogens is 3. The molecule has 3 amide bonds. The van der Waals surface area contributed by atoms with E-state index in [1.807, 2.05) is 24.3 Å². The van der Waals surface area contributed by atoms with Crippen LogP contribution in [0.5, 0.6) is 5.75 Å². The minimum Gasteiger partial charge on any atom is -0.486 e. The van der Waals surface area contributed by atoms with Crippen molar-refractivity contribution in [1.29, 1.82) is 0 Å². The Bertz CT molecular complexity index is 890. The molecule has 2 aromatic rings. The van der Waals surface area contributed by atoms with Crippen LogP contribution < -0.4 is 15.9 Å². The third kappa shape index (κ3) is 4.81. The largest absolute Gasteiger partial charge is 0.486 e. The molecule has 1 fully saturated rings. The minimum absolute atomic E-state index is 0.0754. The number of nitrogens with two attached hydrogens (primary N) is 1. The van der Waals surface area contributed by atoms with Gasteiger partial charge in [-0.2, -0.15) is 0 Å². The van der Waals surface area contributed by atoms with E-state index in [9.17, 15) is 9.59 Å². The lowest BCUT2D eigenvalue weighted by Crippen LogP contribution is -2.39. The summed E-state index contributed by atoms with van der Waals surface area (Å²) < 4.78 is 7.07. The second-order valence-electron chi connectivity index (χ2n) is 7.81. The van der Waals surface area contributed by atoms with Crippen molar-refractivity contribution in [3.05, 3.63) is 35.7 Å². The molecule has 0 aliphatic carbocycles. The number of hydrogen-bond donors (Lipinski definition) is 2. The Labute approximate surface area is 174 Å². The van der Waals surface area contributed by atoms with Crippen LogP contribution in [0.25, 0.3) is 0 Å². The fourth-order valence-electron chi connectivity index (χ4n) is 2.79. The third-order valence-electron chi connectivity index (χ3n) is 4.58. The number of nitrogens with zero attached hydrogens (tertiary/aromatic N) is 4. The second-order valence-corrected chi connectivity index (χ2v) is 9.12. The number of carbonyl (C=O) groups excluding carboxylic acids is 2.